The first-order valence-corrected chi connectivity index (χ1v) is 5.31. The highest BCUT2D eigenvalue weighted by atomic mass is 79.9. The number of rotatable bonds is 3. The van der Waals surface area contributed by atoms with E-state index >= 15 is 0 Å². The lowest BCUT2D eigenvalue weighted by molar-refractivity contribution is 0.266. The fourth-order valence-electron chi connectivity index (χ4n) is 0.903. The van der Waals surface area contributed by atoms with Gasteiger partial charge in [-0.1, -0.05) is 32.7 Å². The SMILES string of the molecule is CC(Oc1ccc(Br)cc1Cl)C(N)=NO. The molecule has 82 valence electrons. The third kappa shape index (κ3) is 3.28. The molecule has 1 atom stereocenters. The average molecular weight is 294 g/mol. The second-order valence-electron chi connectivity index (χ2n) is 2.86. The number of nitrogens with two attached hydrogens (primary N) is 1. The Morgan fingerprint density at radius 1 is 1.67 bits per heavy atom. The summed E-state index contributed by atoms with van der Waals surface area (Å²) < 4.78 is 6.24. The maximum absolute atomic E-state index is 8.44. The maximum atomic E-state index is 8.44. The fraction of sp³-hybridized carbons (Fsp3) is 0.222. The molecule has 0 spiro atoms. The Balaban J connectivity index is 2.81. The van der Waals surface area contributed by atoms with Gasteiger partial charge in [-0.15, -0.1) is 0 Å². The predicted octanol–water partition coefficient (Wildman–Crippen LogP) is 2.62. The number of ether oxygens (including phenoxy) is 1. The molecular formula is C9H10BrClN2O2. The van der Waals surface area contributed by atoms with Crippen molar-refractivity contribution in [2.24, 2.45) is 10.9 Å². The molecule has 0 aliphatic rings. The summed E-state index contributed by atoms with van der Waals surface area (Å²) >= 11 is 9.20. The summed E-state index contributed by atoms with van der Waals surface area (Å²) in [5.41, 5.74) is 5.37. The zero-order valence-corrected chi connectivity index (χ0v) is 10.3. The summed E-state index contributed by atoms with van der Waals surface area (Å²) in [6.07, 6.45) is -0.534. The molecule has 0 heterocycles. The van der Waals surface area contributed by atoms with E-state index < -0.39 is 6.10 Å². The minimum Gasteiger partial charge on any atom is -0.481 e. The van der Waals surface area contributed by atoms with Gasteiger partial charge in [0.15, 0.2) is 11.9 Å². The van der Waals surface area contributed by atoms with Crippen molar-refractivity contribution in [3.05, 3.63) is 27.7 Å². The molecule has 0 saturated carbocycles. The average Bonchev–Trinajstić information content (AvgIpc) is 2.20. The van der Waals surface area contributed by atoms with E-state index in [0.29, 0.717) is 10.8 Å². The summed E-state index contributed by atoms with van der Waals surface area (Å²) in [6, 6.07) is 5.20. The van der Waals surface area contributed by atoms with E-state index in [4.69, 9.17) is 27.3 Å². The third-order valence-corrected chi connectivity index (χ3v) is 2.52. The highest BCUT2D eigenvalue weighted by molar-refractivity contribution is 9.10. The number of oxime groups is 1. The van der Waals surface area contributed by atoms with Gasteiger partial charge >= 0.3 is 0 Å². The lowest BCUT2D eigenvalue weighted by Crippen LogP contribution is -2.31. The fourth-order valence-corrected chi connectivity index (χ4v) is 1.62. The molecule has 0 aliphatic heterocycles. The zero-order chi connectivity index (χ0) is 11.4. The largest absolute Gasteiger partial charge is 0.481 e. The van der Waals surface area contributed by atoms with Crippen molar-refractivity contribution in [3.63, 3.8) is 0 Å². The number of amidine groups is 1. The highest BCUT2D eigenvalue weighted by Crippen LogP contribution is 2.28. The standard InChI is InChI=1S/C9H10BrClN2O2/c1-5(9(12)13-14)15-8-3-2-6(10)4-7(8)11/h2-5,14H,1H3,(H2,12,13). The minimum absolute atomic E-state index is 0.00557. The molecular weight excluding hydrogens is 283 g/mol. The normalized spacial score (nSPS) is 13.7. The van der Waals surface area contributed by atoms with E-state index in [1.165, 1.54) is 0 Å². The molecule has 0 radical (unpaired) electrons. The topological polar surface area (TPSA) is 67.8 Å². The number of hydrogen-bond acceptors (Lipinski definition) is 3. The van der Waals surface area contributed by atoms with Crippen LogP contribution >= 0.6 is 27.5 Å². The lowest BCUT2D eigenvalue weighted by Gasteiger charge is -2.14. The van der Waals surface area contributed by atoms with Crippen molar-refractivity contribution in [1.29, 1.82) is 0 Å². The van der Waals surface area contributed by atoms with Gasteiger partial charge in [-0.25, -0.2) is 0 Å². The summed E-state index contributed by atoms with van der Waals surface area (Å²) in [6.45, 7) is 1.66. The van der Waals surface area contributed by atoms with E-state index in [2.05, 4.69) is 21.1 Å². The van der Waals surface area contributed by atoms with Crippen molar-refractivity contribution in [2.45, 2.75) is 13.0 Å². The van der Waals surface area contributed by atoms with Gasteiger partial charge in [-0.3, -0.25) is 0 Å². The molecule has 3 N–H and O–H groups in total. The molecule has 15 heavy (non-hydrogen) atoms. The van der Waals surface area contributed by atoms with Crippen molar-refractivity contribution < 1.29 is 9.94 Å². The van der Waals surface area contributed by atoms with E-state index in [1.54, 1.807) is 25.1 Å². The third-order valence-electron chi connectivity index (χ3n) is 1.73. The summed E-state index contributed by atoms with van der Waals surface area (Å²) in [4.78, 5) is 0. The first kappa shape index (κ1) is 12.1. The Hall–Kier alpha value is -0.940. The first-order valence-electron chi connectivity index (χ1n) is 4.13. The van der Waals surface area contributed by atoms with Crippen LogP contribution in [0.1, 0.15) is 6.92 Å². The summed E-state index contributed by atoms with van der Waals surface area (Å²) in [5.74, 6) is 0.480. The van der Waals surface area contributed by atoms with Crippen LogP contribution in [0, 0.1) is 0 Å². The molecule has 4 nitrogen and oxygen atoms in total. The molecule has 0 amide bonds. The van der Waals surface area contributed by atoms with Crippen LogP contribution < -0.4 is 10.5 Å². The predicted molar refractivity (Wildman–Crippen MR) is 62.7 cm³/mol. The van der Waals surface area contributed by atoms with Gasteiger partial charge in [0.25, 0.3) is 0 Å². The highest BCUT2D eigenvalue weighted by Gasteiger charge is 2.11. The van der Waals surface area contributed by atoms with Crippen molar-refractivity contribution in [2.75, 3.05) is 0 Å². The molecule has 1 rings (SSSR count). The minimum atomic E-state index is -0.534. The molecule has 0 saturated heterocycles. The Kier molecular flexibility index (Phi) is 4.23. The Bertz CT molecular complexity index is 384. The van der Waals surface area contributed by atoms with Crippen LogP contribution in [0.2, 0.25) is 5.02 Å². The Morgan fingerprint density at radius 3 is 2.87 bits per heavy atom. The van der Waals surface area contributed by atoms with Crippen LogP contribution in [0.5, 0.6) is 5.75 Å². The molecule has 1 aromatic rings. The van der Waals surface area contributed by atoms with E-state index in [0.717, 1.165) is 4.47 Å². The van der Waals surface area contributed by atoms with Crippen molar-refractivity contribution >= 4 is 33.4 Å². The van der Waals surface area contributed by atoms with Crippen molar-refractivity contribution in [3.8, 4) is 5.75 Å². The molecule has 1 unspecified atom stereocenters. The van der Waals surface area contributed by atoms with E-state index in [1.807, 2.05) is 0 Å². The van der Waals surface area contributed by atoms with Crippen LogP contribution in [-0.4, -0.2) is 17.1 Å². The molecule has 1 aromatic carbocycles. The van der Waals surface area contributed by atoms with Gasteiger partial charge in [-0.05, 0) is 25.1 Å². The van der Waals surface area contributed by atoms with E-state index in [-0.39, 0.29) is 5.84 Å². The zero-order valence-electron chi connectivity index (χ0n) is 7.95. The summed E-state index contributed by atoms with van der Waals surface area (Å²) in [5, 5.41) is 11.7. The summed E-state index contributed by atoms with van der Waals surface area (Å²) in [7, 11) is 0. The number of hydrogen-bond donors (Lipinski definition) is 2. The van der Waals surface area contributed by atoms with Gasteiger partial charge < -0.3 is 15.7 Å². The quantitative estimate of drug-likeness (QED) is 0.389. The van der Waals surface area contributed by atoms with Crippen LogP contribution in [-0.2, 0) is 0 Å². The lowest BCUT2D eigenvalue weighted by atomic mass is 10.3. The molecule has 0 bridgehead atoms. The second-order valence-corrected chi connectivity index (χ2v) is 4.18. The van der Waals surface area contributed by atoms with Gasteiger partial charge in [0.1, 0.15) is 5.75 Å². The van der Waals surface area contributed by atoms with Crippen LogP contribution in [0.25, 0.3) is 0 Å². The van der Waals surface area contributed by atoms with Gasteiger partial charge in [0.2, 0.25) is 0 Å². The monoisotopic (exact) mass is 292 g/mol. The number of halogens is 2. The second kappa shape index (κ2) is 5.23. The van der Waals surface area contributed by atoms with Gasteiger partial charge in [-0.2, -0.15) is 0 Å². The first-order chi connectivity index (χ1) is 7.04. The van der Waals surface area contributed by atoms with Gasteiger partial charge in [0, 0.05) is 4.47 Å². The van der Waals surface area contributed by atoms with Crippen LogP contribution in [0.4, 0.5) is 0 Å². The number of benzene rings is 1. The smallest absolute Gasteiger partial charge is 0.180 e. The van der Waals surface area contributed by atoms with Crippen LogP contribution in [0.15, 0.2) is 27.8 Å². The molecule has 0 aliphatic carbocycles. The Morgan fingerprint density at radius 2 is 2.33 bits per heavy atom. The number of nitrogens with zero attached hydrogens (tertiary/aromatic N) is 1. The molecule has 6 heteroatoms. The molecule has 0 aromatic heterocycles. The van der Waals surface area contributed by atoms with Crippen LogP contribution in [0.3, 0.4) is 0 Å². The molecule has 0 fully saturated rings. The van der Waals surface area contributed by atoms with E-state index in [9.17, 15) is 0 Å². The maximum Gasteiger partial charge on any atom is 0.180 e. The van der Waals surface area contributed by atoms with Gasteiger partial charge in [0.05, 0.1) is 5.02 Å². The Labute approximate surface area is 101 Å². The van der Waals surface area contributed by atoms with Crippen molar-refractivity contribution in [1.82, 2.24) is 0 Å².